The number of hydrogen-bond acceptors (Lipinski definition) is 3. The number of hydrazine groups is 1. The van der Waals surface area contributed by atoms with E-state index in [9.17, 15) is 4.79 Å². The molecule has 1 aromatic heterocycles. The third-order valence-electron chi connectivity index (χ3n) is 3.16. The van der Waals surface area contributed by atoms with Crippen molar-refractivity contribution in [1.82, 2.24) is 20.0 Å². The summed E-state index contributed by atoms with van der Waals surface area (Å²) in [5.74, 6) is 1.03. The molecule has 0 unspecified atom stereocenters. The van der Waals surface area contributed by atoms with Crippen LogP contribution in [0, 0.1) is 6.92 Å². The van der Waals surface area contributed by atoms with E-state index in [0.29, 0.717) is 6.42 Å². The molecule has 19 heavy (non-hydrogen) atoms. The number of aryl methyl sites for hydroxylation is 3. The Kier molecular flexibility index (Phi) is 3.85. The zero-order chi connectivity index (χ0) is 14.0. The van der Waals surface area contributed by atoms with Crippen molar-refractivity contribution in [1.29, 1.82) is 0 Å². The average Bonchev–Trinajstić information content (AvgIpc) is 2.61. The number of carbonyl (C=O) groups excluding carboxylic acids is 1. The zero-order valence-corrected chi connectivity index (χ0v) is 11.9. The molecule has 2 aromatic rings. The van der Waals surface area contributed by atoms with Gasteiger partial charge in [-0.25, -0.2) is 9.99 Å². The fraction of sp³-hybridized carbons (Fsp3) is 0.429. The number of hydrogen-bond donors (Lipinski definition) is 1. The summed E-state index contributed by atoms with van der Waals surface area (Å²) in [4.78, 5) is 16.1. The Labute approximate surface area is 113 Å². The first kappa shape index (κ1) is 13.5. The van der Waals surface area contributed by atoms with Gasteiger partial charge in [-0.15, -0.1) is 0 Å². The van der Waals surface area contributed by atoms with Gasteiger partial charge < -0.3 is 4.57 Å². The molecule has 0 atom stereocenters. The van der Waals surface area contributed by atoms with Gasteiger partial charge in [0.15, 0.2) is 0 Å². The molecule has 2 rings (SSSR count). The van der Waals surface area contributed by atoms with Gasteiger partial charge in [0.05, 0.1) is 11.0 Å². The van der Waals surface area contributed by atoms with Gasteiger partial charge in [-0.3, -0.25) is 10.2 Å². The van der Waals surface area contributed by atoms with Gasteiger partial charge in [0, 0.05) is 27.6 Å². The Bertz CT molecular complexity index is 601. The molecule has 102 valence electrons. The van der Waals surface area contributed by atoms with Gasteiger partial charge in [0.1, 0.15) is 5.82 Å². The Morgan fingerprint density at radius 3 is 2.84 bits per heavy atom. The molecule has 1 heterocycles. The summed E-state index contributed by atoms with van der Waals surface area (Å²) in [5.41, 5.74) is 5.99. The van der Waals surface area contributed by atoms with Crippen LogP contribution in [-0.4, -0.2) is 34.6 Å². The van der Waals surface area contributed by atoms with Crippen LogP contribution >= 0.6 is 0 Å². The van der Waals surface area contributed by atoms with Crippen molar-refractivity contribution in [2.45, 2.75) is 19.8 Å². The normalized spacial score (nSPS) is 11.2. The van der Waals surface area contributed by atoms with E-state index in [1.807, 2.05) is 14.0 Å². The highest BCUT2D eigenvalue weighted by molar-refractivity contribution is 5.78. The lowest BCUT2D eigenvalue weighted by Crippen LogP contribution is -2.36. The molecule has 0 fully saturated rings. The molecule has 1 N–H and O–H groups in total. The van der Waals surface area contributed by atoms with Crippen LogP contribution in [0.2, 0.25) is 0 Å². The molecule has 5 nitrogen and oxygen atoms in total. The molecule has 0 aliphatic carbocycles. The first-order chi connectivity index (χ1) is 8.97. The van der Waals surface area contributed by atoms with Crippen LogP contribution in [0.5, 0.6) is 0 Å². The van der Waals surface area contributed by atoms with Crippen LogP contribution in [-0.2, 0) is 18.3 Å². The number of nitrogens with zero attached hydrogens (tertiary/aromatic N) is 3. The average molecular weight is 260 g/mol. The highest BCUT2D eigenvalue weighted by Gasteiger charge is 2.07. The van der Waals surface area contributed by atoms with Crippen LogP contribution < -0.4 is 5.43 Å². The van der Waals surface area contributed by atoms with E-state index in [2.05, 4.69) is 33.2 Å². The Hall–Kier alpha value is -1.88. The number of rotatable bonds is 4. The summed E-state index contributed by atoms with van der Waals surface area (Å²) >= 11 is 0. The van der Waals surface area contributed by atoms with E-state index >= 15 is 0 Å². The van der Waals surface area contributed by atoms with Crippen LogP contribution in [0.4, 0.5) is 0 Å². The molecule has 0 aliphatic heterocycles. The standard InChI is InChI=1S/C14H20N4O/c1-10-15-12-9-11(5-7-13(12)18(10)4)6-8-14(19)16-17(2)3/h5,7,9H,6,8H2,1-4H3,(H,16,19). The second-order valence-corrected chi connectivity index (χ2v) is 4.97. The van der Waals surface area contributed by atoms with Gasteiger partial charge in [-0.05, 0) is 31.0 Å². The number of benzene rings is 1. The second-order valence-electron chi connectivity index (χ2n) is 4.97. The second kappa shape index (κ2) is 5.40. The maximum Gasteiger partial charge on any atom is 0.234 e. The van der Waals surface area contributed by atoms with E-state index in [-0.39, 0.29) is 5.91 Å². The molecule has 1 amide bonds. The number of nitrogens with one attached hydrogen (secondary N) is 1. The first-order valence-corrected chi connectivity index (χ1v) is 6.36. The van der Waals surface area contributed by atoms with Crippen LogP contribution in [0.1, 0.15) is 17.8 Å². The summed E-state index contributed by atoms with van der Waals surface area (Å²) in [6.45, 7) is 1.99. The van der Waals surface area contributed by atoms with Crippen molar-refractivity contribution in [2.24, 2.45) is 7.05 Å². The lowest BCUT2D eigenvalue weighted by Gasteiger charge is -2.11. The van der Waals surface area contributed by atoms with Crippen LogP contribution in [0.3, 0.4) is 0 Å². The molecule has 0 saturated carbocycles. The molecule has 0 aliphatic rings. The van der Waals surface area contributed by atoms with Crippen molar-refractivity contribution in [3.63, 3.8) is 0 Å². The van der Waals surface area contributed by atoms with Crippen molar-refractivity contribution >= 4 is 16.9 Å². The SMILES string of the molecule is Cc1nc2cc(CCC(=O)NN(C)C)ccc2n1C. The predicted octanol–water partition coefficient (Wildman–Crippen LogP) is 1.41. The molecular formula is C14H20N4O. The van der Waals surface area contributed by atoms with E-state index in [0.717, 1.165) is 28.8 Å². The summed E-state index contributed by atoms with van der Waals surface area (Å²) in [5, 5.41) is 1.66. The van der Waals surface area contributed by atoms with Crippen molar-refractivity contribution in [3.8, 4) is 0 Å². The Morgan fingerprint density at radius 1 is 1.42 bits per heavy atom. The quantitative estimate of drug-likeness (QED) is 0.846. The highest BCUT2D eigenvalue weighted by Crippen LogP contribution is 2.17. The van der Waals surface area contributed by atoms with Gasteiger partial charge in [-0.1, -0.05) is 6.07 Å². The maximum atomic E-state index is 11.6. The molecule has 0 radical (unpaired) electrons. The molecular weight excluding hydrogens is 240 g/mol. The maximum absolute atomic E-state index is 11.6. The molecule has 1 aromatic carbocycles. The largest absolute Gasteiger partial charge is 0.331 e. The number of imidazole rings is 1. The third-order valence-corrected chi connectivity index (χ3v) is 3.16. The minimum atomic E-state index is 0.0299. The summed E-state index contributed by atoms with van der Waals surface area (Å²) in [6, 6.07) is 6.19. The Balaban J connectivity index is 2.08. The number of aromatic nitrogens is 2. The van der Waals surface area contributed by atoms with Gasteiger partial charge >= 0.3 is 0 Å². The zero-order valence-electron chi connectivity index (χ0n) is 11.9. The smallest absolute Gasteiger partial charge is 0.234 e. The highest BCUT2D eigenvalue weighted by atomic mass is 16.2. The lowest BCUT2D eigenvalue weighted by molar-refractivity contribution is -0.124. The van der Waals surface area contributed by atoms with Crippen molar-refractivity contribution < 1.29 is 4.79 Å². The van der Waals surface area contributed by atoms with Crippen molar-refractivity contribution in [3.05, 3.63) is 29.6 Å². The number of amides is 1. The van der Waals surface area contributed by atoms with Gasteiger partial charge in [0.25, 0.3) is 0 Å². The fourth-order valence-corrected chi connectivity index (χ4v) is 2.08. The third kappa shape index (κ3) is 3.12. The number of fused-ring (bicyclic) bond motifs is 1. The number of carbonyl (C=O) groups is 1. The van der Waals surface area contributed by atoms with Crippen LogP contribution in [0.25, 0.3) is 11.0 Å². The van der Waals surface area contributed by atoms with Crippen molar-refractivity contribution in [2.75, 3.05) is 14.1 Å². The first-order valence-electron chi connectivity index (χ1n) is 6.36. The molecule has 5 heteroatoms. The van der Waals surface area contributed by atoms with Gasteiger partial charge in [0.2, 0.25) is 5.91 Å². The van der Waals surface area contributed by atoms with Crippen LogP contribution in [0.15, 0.2) is 18.2 Å². The molecule has 0 spiro atoms. The summed E-state index contributed by atoms with van der Waals surface area (Å²) < 4.78 is 2.07. The van der Waals surface area contributed by atoms with E-state index < -0.39 is 0 Å². The van der Waals surface area contributed by atoms with E-state index in [1.165, 1.54) is 0 Å². The molecule has 0 saturated heterocycles. The Morgan fingerprint density at radius 2 is 2.16 bits per heavy atom. The van der Waals surface area contributed by atoms with Gasteiger partial charge in [-0.2, -0.15) is 0 Å². The van der Waals surface area contributed by atoms with E-state index in [1.54, 1.807) is 19.1 Å². The minimum Gasteiger partial charge on any atom is -0.331 e. The molecule has 0 bridgehead atoms. The summed E-state index contributed by atoms with van der Waals surface area (Å²) in [7, 11) is 5.62. The fourth-order valence-electron chi connectivity index (χ4n) is 2.08. The minimum absolute atomic E-state index is 0.0299. The lowest BCUT2D eigenvalue weighted by atomic mass is 10.1. The summed E-state index contributed by atoms with van der Waals surface area (Å²) in [6.07, 6.45) is 1.21. The monoisotopic (exact) mass is 260 g/mol. The topological polar surface area (TPSA) is 50.2 Å². The predicted molar refractivity (Wildman–Crippen MR) is 75.6 cm³/mol. The van der Waals surface area contributed by atoms with E-state index in [4.69, 9.17) is 0 Å².